The molecule has 4 nitrogen and oxygen atoms in total. The summed E-state index contributed by atoms with van der Waals surface area (Å²) in [6, 6.07) is 12.6. The normalized spacial score (nSPS) is 10.5. The van der Waals surface area contributed by atoms with Gasteiger partial charge >= 0.3 is 0 Å². The third kappa shape index (κ3) is 5.89. The summed E-state index contributed by atoms with van der Waals surface area (Å²) in [7, 11) is 0. The van der Waals surface area contributed by atoms with Gasteiger partial charge in [-0.05, 0) is 37.3 Å². The second-order valence-corrected chi connectivity index (χ2v) is 5.74. The third-order valence-corrected chi connectivity index (χ3v) is 3.72. The van der Waals surface area contributed by atoms with E-state index in [0.29, 0.717) is 0 Å². The van der Waals surface area contributed by atoms with Crippen LogP contribution in [0.25, 0.3) is 0 Å². The lowest BCUT2D eigenvalue weighted by Gasteiger charge is -2.22. The molecule has 0 radical (unpaired) electrons. The smallest absolute Gasteiger partial charge is 0.224 e. The lowest BCUT2D eigenvalue weighted by atomic mass is 10.1. The number of aryl methyl sites for hydroxylation is 1. The van der Waals surface area contributed by atoms with Gasteiger partial charge in [0.2, 0.25) is 5.95 Å². The van der Waals surface area contributed by atoms with Gasteiger partial charge in [-0.1, -0.05) is 44.2 Å². The molecule has 0 bridgehead atoms. The van der Waals surface area contributed by atoms with Crippen LogP contribution >= 0.6 is 0 Å². The number of hydrogen-bond acceptors (Lipinski definition) is 4. The molecule has 4 heteroatoms. The maximum Gasteiger partial charge on any atom is 0.224 e. The van der Waals surface area contributed by atoms with Crippen LogP contribution in [0.3, 0.4) is 0 Å². The zero-order valence-corrected chi connectivity index (χ0v) is 14.3. The minimum absolute atomic E-state index is 0.729. The summed E-state index contributed by atoms with van der Waals surface area (Å²) in [5.41, 5.74) is 1.38. The maximum atomic E-state index is 4.66. The molecule has 0 aliphatic carbocycles. The van der Waals surface area contributed by atoms with Gasteiger partial charge in [0.05, 0.1) is 0 Å². The van der Waals surface area contributed by atoms with Gasteiger partial charge in [-0.15, -0.1) is 0 Å². The van der Waals surface area contributed by atoms with Gasteiger partial charge < -0.3 is 10.2 Å². The van der Waals surface area contributed by atoms with Crippen LogP contribution in [0.1, 0.15) is 38.7 Å². The van der Waals surface area contributed by atoms with Crippen LogP contribution in [0.4, 0.5) is 11.8 Å². The molecule has 0 aliphatic heterocycles. The fourth-order valence-electron chi connectivity index (χ4n) is 2.63. The van der Waals surface area contributed by atoms with E-state index in [0.717, 1.165) is 57.1 Å². The summed E-state index contributed by atoms with van der Waals surface area (Å²) >= 11 is 0. The SMILES string of the molecule is CCCN(CCC)c1ccnc(NCCCc2ccccc2)n1. The van der Waals surface area contributed by atoms with E-state index in [9.17, 15) is 0 Å². The largest absolute Gasteiger partial charge is 0.356 e. The summed E-state index contributed by atoms with van der Waals surface area (Å²) in [5.74, 6) is 1.75. The Bertz CT molecular complexity index is 550. The molecule has 1 aromatic heterocycles. The Balaban J connectivity index is 1.84. The molecule has 0 aliphatic rings. The average molecular weight is 312 g/mol. The second-order valence-electron chi connectivity index (χ2n) is 5.74. The zero-order chi connectivity index (χ0) is 16.3. The van der Waals surface area contributed by atoms with Gasteiger partial charge in [-0.25, -0.2) is 4.98 Å². The van der Waals surface area contributed by atoms with Gasteiger partial charge in [0.25, 0.3) is 0 Å². The summed E-state index contributed by atoms with van der Waals surface area (Å²) in [6.07, 6.45) is 6.25. The number of benzene rings is 1. The first-order valence-electron chi connectivity index (χ1n) is 8.69. The molecule has 1 heterocycles. The van der Waals surface area contributed by atoms with Crippen molar-refractivity contribution < 1.29 is 0 Å². The lowest BCUT2D eigenvalue weighted by molar-refractivity contribution is 0.732. The van der Waals surface area contributed by atoms with Crippen molar-refractivity contribution in [2.24, 2.45) is 0 Å². The monoisotopic (exact) mass is 312 g/mol. The fourth-order valence-corrected chi connectivity index (χ4v) is 2.63. The Morgan fingerprint density at radius 2 is 1.74 bits per heavy atom. The predicted molar refractivity (Wildman–Crippen MR) is 98.1 cm³/mol. The highest BCUT2D eigenvalue weighted by Gasteiger charge is 2.07. The van der Waals surface area contributed by atoms with Crippen molar-refractivity contribution in [3.8, 4) is 0 Å². The van der Waals surface area contributed by atoms with Crippen molar-refractivity contribution >= 4 is 11.8 Å². The van der Waals surface area contributed by atoms with Crippen molar-refractivity contribution in [2.45, 2.75) is 39.5 Å². The standard InChI is InChI=1S/C19H28N4/c1-3-15-23(16-4-2)18-12-14-21-19(22-18)20-13-8-11-17-9-6-5-7-10-17/h5-7,9-10,12,14H,3-4,8,11,13,15-16H2,1-2H3,(H,20,21,22). The molecule has 2 rings (SSSR count). The molecule has 0 saturated heterocycles. The molecule has 1 aromatic carbocycles. The van der Waals surface area contributed by atoms with Gasteiger partial charge in [0, 0.05) is 25.8 Å². The van der Waals surface area contributed by atoms with E-state index in [1.807, 2.05) is 12.3 Å². The number of anilines is 2. The Hall–Kier alpha value is -2.10. The minimum Gasteiger partial charge on any atom is -0.356 e. The first kappa shape index (κ1) is 17.3. The predicted octanol–water partition coefficient (Wildman–Crippen LogP) is 4.15. The van der Waals surface area contributed by atoms with Crippen molar-refractivity contribution in [3.63, 3.8) is 0 Å². The number of rotatable bonds is 10. The molecule has 0 amide bonds. The van der Waals surface area contributed by atoms with E-state index < -0.39 is 0 Å². The van der Waals surface area contributed by atoms with Crippen molar-refractivity contribution in [1.82, 2.24) is 9.97 Å². The first-order chi connectivity index (χ1) is 11.3. The third-order valence-electron chi connectivity index (χ3n) is 3.72. The van der Waals surface area contributed by atoms with Crippen LogP contribution in [0.15, 0.2) is 42.6 Å². The van der Waals surface area contributed by atoms with Gasteiger partial charge in [0.1, 0.15) is 5.82 Å². The molecule has 2 aromatic rings. The van der Waals surface area contributed by atoms with Crippen molar-refractivity contribution in [1.29, 1.82) is 0 Å². The molecule has 0 unspecified atom stereocenters. The molecule has 0 spiro atoms. The highest BCUT2D eigenvalue weighted by molar-refractivity contribution is 5.42. The number of aromatic nitrogens is 2. The Morgan fingerprint density at radius 3 is 2.43 bits per heavy atom. The molecule has 124 valence electrons. The molecule has 0 saturated carbocycles. The number of hydrogen-bond donors (Lipinski definition) is 1. The van der Waals surface area contributed by atoms with Crippen LogP contribution < -0.4 is 10.2 Å². The van der Waals surface area contributed by atoms with E-state index in [1.165, 1.54) is 5.56 Å². The van der Waals surface area contributed by atoms with Crippen LogP contribution in [0.2, 0.25) is 0 Å². The second kappa shape index (κ2) is 9.82. The molecular weight excluding hydrogens is 284 g/mol. The minimum atomic E-state index is 0.729. The molecule has 0 atom stereocenters. The molecule has 0 fully saturated rings. The van der Waals surface area contributed by atoms with Crippen molar-refractivity contribution in [2.75, 3.05) is 29.9 Å². The first-order valence-corrected chi connectivity index (χ1v) is 8.69. The molecule has 1 N–H and O–H groups in total. The summed E-state index contributed by atoms with van der Waals surface area (Å²) in [6.45, 7) is 7.37. The highest BCUT2D eigenvalue weighted by Crippen LogP contribution is 2.13. The fraction of sp³-hybridized carbons (Fsp3) is 0.474. The Labute approximate surface area is 140 Å². The van der Waals surface area contributed by atoms with Crippen LogP contribution in [-0.4, -0.2) is 29.6 Å². The Kier molecular flexibility index (Phi) is 7.37. The summed E-state index contributed by atoms with van der Waals surface area (Å²) in [4.78, 5) is 11.3. The highest BCUT2D eigenvalue weighted by atomic mass is 15.2. The summed E-state index contributed by atoms with van der Waals surface area (Å²) < 4.78 is 0. The zero-order valence-electron chi connectivity index (χ0n) is 14.3. The number of nitrogens with zero attached hydrogens (tertiary/aromatic N) is 3. The van der Waals surface area contributed by atoms with Gasteiger partial charge in [0.15, 0.2) is 0 Å². The van der Waals surface area contributed by atoms with E-state index in [2.05, 4.69) is 64.4 Å². The Morgan fingerprint density at radius 1 is 1.00 bits per heavy atom. The quantitative estimate of drug-likeness (QED) is 0.669. The van der Waals surface area contributed by atoms with E-state index in [1.54, 1.807) is 0 Å². The average Bonchev–Trinajstić information content (AvgIpc) is 2.60. The lowest BCUT2D eigenvalue weighted by Crippen LogP contribution is -2.26. The number of nitrogens with one attached hydrogen (secondary N) is 1. The van der Waals surface area contributed by atoms with Crippen LogP contribution in [-0.2, 0) is 6.42 Å². The molecule has 23 heavy (non-hydrogen) atoms. The summed E-state index contributed by atoms with van der Waals surface area (Å²) in [5, 5.41) is 3.35. The van der Waals surface area contributed by atoms with Gasteiger partial charge in [-0.2, -0.15) is 4.98 Å². The van der Waals surface area contributed by atoms with E-state index in [4.69, 9.17) is 0 Å². The van der Waals surface area contributed by atoms with E-state index in [-0.39, 0.29) is 0 Å². The van der Waals surface area contributed by atoms with Crippen LogP contribution in [0.5, 0.6) is 0 Å². The van der Waals surface area contributed by atoms with Crippen LogP contribution in [0, 0.1) is 0 Å². The van der Waals surface area contributed by atoms with Crippen molar-refractivity contribution in [3.05, 3.63) is 48.2 Å². The topological polar surface area (TPSA) is 41.1 Å². The molecular formula is C19H28N4. The van der Waals surface area contributed by atoms with E-state index >= 15 is 0 Å². The maximum absolute atomic E-state index is 4.66. The van der Waals surface area contributed by atoms with Gasteiger partial charge in [-0.3, -0.25) is 0 Å².